The van der Waals surface area contributed by atoms with Crippen LogP contribution in [0.25, 0.3) is 0 Å². The molecule has 0 spiro atoms. The van der Waals surface area contributed by atoms with E-state index in [2.05, 4.69) is 32.6 Å². The lowest BCUT2D eigenvalue weighted by atomic mass is 9.69. The van der Waals surface area contributed by atoms with E-state index in [0.717, 1.165) is 44.5 Å². The van der Waals surface area contributed by atoms with Crippen LogP contribution in [0.3, 0.4) is 0 Å². The van der Waals surface area contributed by atoms with Crippen molar-refractivity contribution in [3.05, 3.63) is 35.9 Å². The van der Waals surface area contributed by atoms with E-state index in [0.29, 0.717) is 0 Å². The summed E-state index contributed by atoms with van der Waals surface area (Å²) in [6.07, 6.45) is 2.85. The number of benzene rings is 1. The summed E-state index contributed by atoms with van der Waals surface area (Å²) in [6.45, 7) is 11.7. The molecule has 0 radical (unpaired) electrons. The zero-order chi connectivity index (χ0) is 16.6. The van der Waals surface area contributed by atoms with E-state index >= 15 is 0 Å². The highest BCUT2D eigenvalue weighted by molar-refractivity contribution is 5.85. The normalized spacial score (nSPS) is 14.8. The molecule has 132 valence electrons. The number of hydrogen-bond acceptors (Lipinski definition) is 2. The van der Waals surface area contributed by atoms with E-state index < -0.39 is 11.9 Å². The Kier molecular flexibility index (Phi) is 10.2. The van der Waals surface area contributed by atoms with E-state index in [-0.39, 0.29) is 17.8 Å². The molecule has 0 bridgehead atoms. The molecule has 1 aromatic rings. The summed E-state index contributed by atoms with van der Waals surface area (Å²) in [4.78, 5) is 14.3. The molecular weight excluding hydrogens is 310 g/mol. The maximum absolute atomic E-state index is 11.9. The number of carboxylic acid groups (broad SMARTS) is 1. The van der Waals surface area contributed by atoms with Crippen molar-refractivity contribution in [2.75, 3.05) is 19.6 Å². The van der Waals surface area contributed by atoms with Crippen molar-refractivity contribution in [1.82, 2.24) is 4.90 Å². The number of aliphatic carboxylic acids is 1. The van der Waals surface area contributed by atoms with Gasteiger partial charge < -0.3 is 10.0 Å². The van der Waals surface area contributed by atoms with Gasteiger partial charge in [0.2, 0.25) is 0 Å². The Morgan fingerprint density at radius 3 is 2.17 bits per heavy atom. The third-order valence-electron chi connectivity index (χ3n) is 5.00. The van der Waals surface area contributed by atoms with Gasteiger partial charge in [-0.3, -0.25) is 4.79 Å². The van der Waals surface area contributed by atoms with E-state index in [4.69, 9.17) is 0 Å². The molecule has 0 aliphatic rings. The minimum absolute atomic E-state index is 0. The fourth-order valence-electron chi connectivity index (χ4n) is 3.26. The van der Waals surface area contributed by atoms with Gasteiger partial charge in [0, 0.05) is 0 Å². The van der Waals surface area contributed by atoms with E-state index in [1.807, 2.05) is 30.3 Å². The average molecular weight is 342 g/mol. The Morgan fingerprint density at radius 1 is 1.17 bits per heavy atom. The number of rotatable bonds is 10. The maximum atomic E-state index is 11.9. The van der Waals surface area contributed by atoms with Gasteiger partial charge >= 0.3 is 5.97 Å². The number of nitrogens with zero attached hydrogens (tertiary/aromatic N) is 1. The van der Waals surface area contributed by atoms with Crippen LogP contribution >= 0.6 is 12.4 Å². The molecular formula is C19H32ClNO2. The monoisotopic (exact) mass is 341 g/mol. The predicted molar refractivity (Wildman–Crippen MR) is 99.5 cm³/mol. The zero-order valence-corrected chi connectivity index (χ0v) is 15.7. The third kappa shape index (κ3) is 6.15. The zero-order valence-electron chi connectivity index (χ0n) is 14.9. The van der Waals surface area contributed by atoms with Crippen molar-refractivity contribution < 1.29 is 9.90 Å². The Morgan fingerprint density at radius 2 is 1.74 bits per heavy atom. The van der Waals surface area contributed by atoms with Crippen LogP contribution in [0.15, 0.2) is 30.3 Å². The van der Waals surface area contributed by atoms with E-state index in [1.165, 1.54) is 0 Å². The highest BCUT2D eigenvalue weighted by Gasteiger charge is 2.38. The van der Waals surface area contributed by atoms with Gasteiger partial charge in [0.1, 0.15) is 0 Å². The minimum Gasteiger partial charge on any atom is -0.481 e. The lowest BCUT2D eigenvalue weighted by molar-refractivity contribution is -0.142. The van der Waals surface area contributed by atoms with Crippen molar-refractivity contribution in [2.45, 2.75) is 52.9 Å². The van der Waals surface area contributed by atoms with Crippen LogP contribution in [0.4, 0.5) is 0 Å². The molecule has 1 aromatic carbocycles. The molecule has 0 saturated carbocycles. The van der Waals surface area contributed by atoms with Crippen LogP contribution < -0.4 is 0 Å². The van der Waals surface area contributed by atoms with Crippen molar-refractivity contribution in [2.24, 2.45) is 5.41 Å². The molecule has 1 rings (SSSR count). The summed E-state index contributed by atoms with van der Waals surface area (Å²) in [7, 11) is 0. The molecule has 0 aliphatic carbocycles. The Balaban J connectivity index is 0.00000484. The predicted octanol–water partition coefficient (Wildman–Crippen LogP) is 4.81. The number of hydrogen-bond donors (Lipinski definition) is 1. The number of carboxylic acids is 1. The summed E-state index contributed by atoms with van der Waals surface area (Å²) < 4.78 is 0. The summed E-state index contributed by atoms with van der Waals surface area (Å²) in [5.41, 5.74) is 0.711. The van der Waals surface area contributed by atoms with Crippen LogP contribution in [0.2, 0.25) is 0 Å². The van der Waals surface area contributed by atoms with Gasteiger partial charge in [0.05, 0.1) is 5.92 Å². The van der Waals surface area contributed by atoms with E-state index in [9.17, 15) is 9.90 Å². The first-order valence-corrected chi connectivity index (χ1v) is 8.48. The van der Waals surface area contributed by atoms with Gasteiger partial charge in [-0.05, 0) is 49.9 Å². The second-order valence-electron chi connectivity index (χ2n) is 6.32. The standard InChI is InChI=1S/C19H31NO2.ClH/c1-5-19(4,14-11-15-20(6-2)7-3)17(18(21)22)16-12-9-8-10-13-16;/h8-10,12-13,17H,5-7,11,14-15H2,1-4H3,(H,21,22);1H. The molecule has 0 saturated heterocycles. The van der Waals surface area contributed by atoms with Crippen LogP contribution in [0, 0.1) is 5.41 Å². The van der Waals surface area contributed by atoms with Crippen LogP contribution in [-0.4, -0.2) is 35.6 Å². The third-order valence-corrected chi connectivity index (χ3v) is 5.00. The van der Waals surface area contributed by atoms with Gasteiger partial charge in [-0.25, -0.2) is 0 Å². The van der Waals surface area contributed by atoms with Gasteiger partial charge in [-0.1, -0.05) is 58.0 Å². The molecule has 0 heterocycles. The fraction of sp³-hybridized carbons (Fsp3) is 0.632. The topological polar surface area (TPSA) is 40.5 Å². The van der Waals surface area contributed by atoms with Gasteiger partial charge in [0.15, 0.2) is 0 Å². The molecule has 23 heavy (non-hydrogen) atoms. The average Bonchev–Trinajstić information content (AvgIpc) is 2.52. The maximum Gasteiger partial charge on any atom is 0.311 e. The van der Waals surface area contributed by atoms with Gasteiger partial charge in [-0.2, -0.15) is 0 Å². The quantitative estimate of drug-likeness (QED) is 0.663. The van der Waals surface area contributed by atoms with Gasteiger partial charge in [-0.15, -0.1) is 12.4 Å². The Labute approximate surface area is 147 Å². The summed E-state index contributed by atoms with van der Waals surface area (Å²) in [5, 5.41) is 9.78. The highest BCUT2D eigenvalue weighted by Crippen LogP contribution is 2.42. The lowest BCUT2D eigenvalue weighted by Crippen LogP contribution is -2.33. The Bertz CT molecular complexity index is 448. The first-order valence-electron chi connectivity index (χ1n) is 8.48. The van der Waals surface area contributed by atoms with Crippen molar-refractivity contribution in [3.8, 4) is 0 Å². The summed E-state index contributed by atoms with van der Waals surface area (Å²) in [5.74, 6) is -1.14. The van der Waals surface area contributed by atoms with Crippen LogP contribution in [0.1, 0.15) is 58.4 Å². The molecule has 1 N–H and O–H groups in total. The largest absolute Gasteiger partial charge is 0.481 e. The lowest BCUT2D eigenvalue weighted by Gasteiger charge is -2.35. The summed E-state index contributed by atoms with van der Waals surface area (Å²) in [6, 6.07) is 9.68. The van der Waals surface area contributed by atoms with E-state index in [1.54, 1.807) is 0 Å². The fourth-order valence-corrected chi connectivity index (χ4v) is 3.26. The first-order chi connectivity index (χ1) is 10.5. The molecule has 3 nitrogen and oxygen atoms in total. The SMILES string of the molecule is CCN(CC)CCCC(C)(CC)C(C(=O)O)c1ccccc1.Cl. The smallest absolute Gasteiger partial charge is 0.311 e. The molecule has 0 aliphatic heterocycles. The molecule has 0 fully saturated rings. The van der Waals surface area contributed by atoms with Crippen molar-refractivity contribution >= 4 is 18.4 Å². The second-order valence-corrected chi connectivity index (χ2v) is 6.32. The highest BCUT2D eigenvalue weighted by atomic mass is 35.5. The second kappa shape index (κ2) is 10.7. The molecule has 0 aromatic heterocycles. The molecule has 0 amide bonds. The Hall–Kier alpha value is -1.06. The van der Waals surface area contributed by atoms with Crippen LogP contribution in [-0.2, 0) is 4.79 Å². The van der Waals surface area contributed by atoms with Crippen LogP contribution in [0.5, 0.6) is 0 Å². The molecule has 2 atom stereocenters. The minimum atomic E-state index is -0.710. The van der Waals surface area contributed by atoms with Crippen molar-refractivity contribution in [3.63, 3.8) is 0 Å². The van der Waals surface area contributed by atoms with Crippen molar-refractivity contribution in [1.29, 1.82) is 0 Å². The van der Waals surface area contributed by atoms with Gasteiger partial charge in [0.25, 0.3) is 0 Å². The summed E-state index contributed by atoms with van der Waals surface area (Å²) >= 11 is 0. The number of carbonyl (C=O) groups is 1. The first kappa shape index (κ1) is 21.9. The molecule has 4 heteroatoms. The number of halogens is 1. The molecule has 2 unspecified atom stereocenters.